The van der Waals surface area contributed by atoms with Crippen LogP contribution in [0, 0.1) is 5.41 Å². The summed E-state index contributed by atoms with van der Waals surface area (Å²) in [5.41, 5.74) is -0.745. The highest BCUT2D eigenvalue weighted by Crippen LogP contribution is 2.32. The van der Waals surface area contributed by atoms with Gasteiger partial charge < -0.3 is 10.6 Å². The maximum Gasteiger partial charge on any atom is 0.324 e. The van der Waals surface area contributed by atoms with Crippen LogP contribution in [0.15, 0.2) is 0 Å². The minimum absolute atomic E-state index is 0.410. The molecule has 1 heterocycles. The highest BCUT2D eigenvalue weighted by Gasteiger charge is 2.44. The lowest BCUT2D eigenvalue weighted by molar-refractivity contribution is -0.143. The first-order valence-electron chi connectivity index (χ1n) is 6.49. The summed E-state index contributed by atoms with van der Waals surface area (Å²) in [6, 6.07) is 0. The Morgan fingerprint density at radius 1 is 1.47 bits per heavy atom. The van der Waals surface area contributed by atoms with Gasteiger partial charge in [-0.2, -0.15) is 8.78 Å². The molecule has 19 heavy (non-hydrogen) atoms. The molecule has 1 aliphatic heterocycles. The van der Waals surface area contributed by atoms with Crippen molar-refractivity contribution in [2.75, 3.05) is 19.6 Å². The zero-order chi connectivity index (χ0) is 14.5. The minimum Gasteiger partial charge on any atom is -0.349 e. The van der Waals surface area contributed by atoms with Gasteiger partial charge in [-0.25, -0.2) is 8.78 Å². The monoisotopic (exact) mass is 284 g/mol. The molecule has 7 heteroatoms. The van der Waals surface area contributed by atoms with Crippen LogP contribution >= 0.6 is 0 Å². The van der Waals surface area contributed by atoms with Crippen molar-refractivity contribution in [1.29, 1.82) is 0 Å². The molecule has 2 N–H and O–H groups in total. The number of hydrogen-bond acceptors (Lipinski definition) is 2. The molecule has 3 nitrogen and oxygen atoms in total. The number of rotatable bonds is 6. The number of halogens is 4. The lowest BCUT2D eigenvalue weighted by Crippen LogP contribution is -2.53. The van der Waals surface area contributed by atoms with E-state index >= 15 is 0 Å². The van der Waals surface area contributed by atoms with E-state index in [-0.39, 0.29) is 0 Å². The fraction of sp³-hybridized carbons (Fsp3) is 0.917. The second-order valence-electron chi connectivity index (χ2n) is 5.06. The molecular weight excluding hydrogens is 264 g/mol. The molecule has 112 valence electrons. The Morgan fingerprint density at radius 2 is 2.16 bits per heavy atom. The van der Waals surface area contributed by atoms with Crippen LogP contribution in [0.5, 0.6) is 0 Å². The third-order valence-electron chi connectivity index (χ3n) is 3.49. The van der Waals surface area contributed by atoms with Crippen molar-refractivity contribution in [3.8, 4) is 0 Å². The van der Waals surface area contributed by atoms with Gasteiger partial charge in [-0.3, -0.25) is 4.79 Å². The van der Waals surface area contributed by atoms with Crippen LogP contribution in [0.25, 0.3) is 0 Å². The largest absolute Gasteiger partial charge is 0.349 e. The molecule has 1 aliphatic rings. The fourth-order valence-corrected chi connectivity index (χ4v) is 2.43. The summed E-state index contributed by atoms with van der Waals surface area (Å²) < 4.78 is 49.7. The molecule has 0 aromatic carbocycles. The second-order valence-corrected chi connectivity index (χ2v) is 5.06. The van der Waals surface area contributed by atoms with E-state index < -0.39 is 30.2 Å². The molecule has 0 aromatic rings. The van der Waals surface area contributed by atoms with Crippen molar-refractivity contribution < 1.29 is 22.4 Å². The number of carbonyl (C=O) groups excluding carboxylic acids is 1. The molecule has 0 aliphatic carbocycles. The van der Waals surface area contributed by atoms with Crippen molar-refractivity contribution in [3.05, 3.63) is 0 Å². The van der Waals surface area contributed by atoms with E-state index in [1.54, 1.807) is 0 Å². The maximum absolute atomic E-state index is 12.8. The summed E-state index contributed by atoms with van der Waals surface area (Å²) in [6.45, 7) is 1.78. The summed E-state index contributed by atoms with van der Waals surface area (Å²) in [6.07, 6.45) is -1.09. The Balaban J connectivity index is 2.63. The van der Waals surface area contributed by atoms with Crippen LogP contribution in [0.2, 0.25) is 0 Å². The van der Waals surface area contributed by atoms with Crippen LogP contribution < -0.4 is 10.6 Å². The van der Waals surface area contributed by atoms with Crippen molar-refractivity contribution in [2.24, 2.45) is 5.41 Å². The second kappa shape index (κ2) is 6.54. The molecule has 1 amide bonds. The summed E-state index contributed by atoms with van der Waals surface area (Å²) >= 11 is 0. The highest BCUT2D eigenvalue weighted by atomic mass is 19.3. The van der Waals surface area contributed by atoms with E-state index in [1.807, 2.05) is 12.2 Å². The molecule has 1 unspecified atom stereocenters. The Kier molecular flexibility index (Phi) is 5.58. The quantitative estimate of drug-likeness (QED) is 0.734. The number of piperidine rings is 1. The van der Waals surface area contributed by atoms with Gasteiger partial charge in [-0.15, -0.1) is 0 Å². The molecule has 1 atom stereocenters. The summed E-state index contributed by atoms with van der Waals surface area (Å²) in [7, 11) is 0. The van der Waals surface area contributed by atoms with E-state index in [1.165, 1.54) is 0 Å². The van der Waals surface area contributed by atoms with E-state index in [9.17, 15) is 22.4 Å². The number of hydrogen-bond donors (Lipinski definition) is 2. The molecule has 0 saturated carbocycles. The van der Waals surface area contributed by atoms with Gasteiger partial charge in [0.05, 0.1) is 12.0 Å². The van der Waals surface area contributed by atoms with Crippen LogP contribution in [0.3, 0.4) is 0 Å². The van der Waals surface area contributed by atoms with Gasteiger partial charge in [0.1, 0.15) is 0 Å². The van der Waals surface area contributed by atoms with Crippen molar-refractivity contribution in [2.45, 2.75) is 45.0 Å². The van der Waals surface area contributed by atoms with Crippen LogP contribution in [0.4, 0.5) is 17.6 Å². The fourth-order valence-electron chi connectivity index (χ4n) is 2.43. The van der Waals surface area contributed by atoms with Crippen LogP contribution in [-0.2, 0) is 4.79 Å². The molecule has 1 rings (SSSR count). The molecule has 0 spiro atoms. The normalized spacial score (nSPS) is 24.5. The van der Waals surface area contributed by atoms with Gasteiger partial charge in [0.25, 0.3) is 0 Å². The van der Waals surface area contributed by atoms with Gasteiger partial charge in [-0.05, 0) is 25.8 Å². The molecule has 0 aromatic heterocycles. The zero-order valence-electron chi connectivity index (χ0n) is 10.9. The average molecular weight is 284 g/mol. The molecule has 0 bridgehead atoms. The standard InChI is InChI=1S/C12H20F4N2O/c1-2-4-11(5-3-6-17-7-11)10(19)18-8-12(15,16)9(13)14/h9,17H,2-8H2,1H3,(H,18,19). The third-order valence-corrected chi connectivity index (χ3v) is 3.49. The van der Waals surface area contributed by atoms with E-state index in [0.717, 1.165) is 19.4 Å². The van der Waals surface area contributed by atoms with Crippen molar-refractivity contribution in [3.63, 3.8) is 0 Å². The lowest BCUT2D eigenvalue weighted by Gasteiger charge is -2.36. The lowest BCUT2D eigenvalue weighted by atomic mass is 9.76. The molecule has 1 fully saturated rings. The predicted octanol–water partition coefficient (Wildman–Crippen LogP) is 2.17. The Labute approximate surface area is 110 Å². The third kappa shape index (κ3) is 4.06. The Morgan fingerprint density at radius 3 is 2.63 bits per heavy atom. The van der Waals surface area contributed by atoms with Crippen LogP contribution in [0.1, 0.15) is 32.6 Å². The number of alkyl halides is 4. The Bertz CT molecular complexity index is 299. The highest BCUT2D eigenvalue weighted by molar-refractivity contribution is 5.83. The Hall–Kier alpha value is -0.850. The number of nitrogens with one attached hydrogen (secondary N) is 2. The topological polar surface area (TPSA) is 41.1 Å². The van der Waals surface area contributed by atoms with E-state index in [2.05, 4.69) is 5.32 Å². The van der Waals surface area contributed by atoms with Crippen LogP contribution in [-0.4, -0.2) is 37.9 Å². The number of amides is 1. The SMILES string of the molecule is CCCC1(C(=O)NCC(F)(F)C(F)F)CCCNC1. The predicted molar refractivity (Wildman–Crippen MR) is 63.4 cm³/mol. The summed E-state index contributed by atoms with van der Waals surface area (Å²) in [5.74, 6) is -4.73. The van der Waals surface area contributed by atoms with Crippen molar-refractivity contribution >= 4 is 5.91 Å². The van der Waals surface area contributed by atoms with Gasteiger partial charge in [0.15, 0.2) is 0 Å². The summed E-state index contributed by atoms with van der Waals surface area (Å²) in [4.78, 5) is 12.0. The first-order chi connectivity index (χ1) is 8.84. The first-order valence-corrected chi connectivity index (χ1v) is 6.49. The van der Waals surface area contributed by atoms with E-state index in [4.69, 9.17) is 0 Å². The van der Waals surface area contributed by atoms with Gasteiger partial charge in [0.2, 0.25) is 5.91 Å². The molecule has 0 radical (unpaired) electrons. The van der Waals surface area contributed by atoms with Gasteiger partial charge >= 0.3 is 12.3 Å². The van der Waals surface area contributed by atoms with Gasteiger partial charge in [0, 0.05) is 6.54 Å². The maximum atomic E-state index is 12.8. The smallest absolute Gasteiger partial charge is 0.324 e. The number of carbonyl (C=O) groups is 1. The summed E-state index contributed by atoms with van der Waals surface area (Å²) in [5, 5.41) is 5.06. The minimum atomic E-state index is -4.18. The average Bonchev–Trinajstić information content (AvgIpc) is 2.37. The van der Waals surface area contributed by atoms with Gasteiger partial charge in [-0.1, -0.05) is 13.3 Å². The zero-order valence-corrected chi connectivity index (χ0v) is 10.9. The molecular formula is C12H20F4N2O. The molecule has 1 saturated heterocycles. The van der Waals surface area contributed by atoms with E-state index in [0.29, 0.717) is 19.4 Å². The van der Waals surface area contributed by atoms with Crippen molar-refractivity contribution in [1.82, 2.24) is 10.6 Å². The first kappa shape index (κ1) is 16.2.